The Bertz CT molecular complexity index is 810. The molecule has 0 radical (unpaired) electrons. The van der Waals surface area contributed by atoms with Gasteiger partial charge in [-0.2, -0.15) is 0 Å². The summed E-state index contributed by atoms with van der Waals surface area (Å²) >= 11 is 12.9. The van der Waals surface area contributed by atoms with E-state index in [0.717, 1.165) is 12.0 Å². The number of carbonyl (C=O) groups is 2. The lowest BCUT2D eigenvalue weighted by atomic mass is 9.83. The molecule has 0 bridgehead atoms. The second-order valence-corrected chi connectivity index (χ2v) is 9.21. The Morgan fingerprint density at radius 3 is 2.59 bits per heavy atom. The number of aliphatic hydroxyl groups is 1. The van der Waals surface area contributed by atoms with Crippen LogP contribution in [0.4, 0.5) is 0 Å². The molecule has 6 N–H and O–H groups in total. The number of nitrogens with one attached hydrogen (secondary N) is 1. The van der Waals surface area contributed by atoms with Crippen LogP contribution in [0.2, 0.25) is 0 Å². The molecule has 0 saturated heterocycles. The lowest BCUT2D eigenvalue weighted by Crippen LogP contribution is -2.56. The van der Waals surface area contributed by atoms with Gasteiger partial charge in [0.2, 0.25) is 5.91 Å². The van der Waals surface area contributed by atoms with Gasteiger partial charge in [-0.3, -0.25) is 9.79 Å². The molecule has 5 unspecified atom stereocenters. The van der Waals surface area contributed by atoms with E-state index in [9.17, 15) is 14.7 Å². The molecule has 2 rings (SSSR count). The first kappa shape index (κ1) is 28.2. The summed E-state index contributed by atoms with van der Waals surface area (Å²) in [5.41, 5.74) is 11.4. The van der Waals surface area contributed by atoms with E-state index >= 15 is 0 Å². The van der Waals surface area contributed by atoms with E-state index in [0.29, 0.717) is 19.6 Å². The molecular weight excluding hydrogens is 483 g/mol. The van der Waals surface area contributed by atoms with Crippen molar-refractivity contribution in [2.45, 2.75) is 61.6 Å². The number of halogens is 2. The molecule has 1 amide bonds. The third-order valence-electron chi connectivity index (χ3n) is 5.55. The monoisotopic (exact) mass is 516 g/mol. The molecule has 0 aromatic heterocycles. The number of hydrogen-bond acceptors (Lipinski definition) is 6. The average Bonchev–Trinajstić information content (AvgIpc) is 2.80. The summed E-state index contributed by atoms with van der Waals surface area (Å²) in [4.78, 5) is 29.4. The number of amides is 1. The van der Waals surface area contributed by atoms with Crippen molar-refractivity contribution in [3.63, 3.8) is 0 Å². The molecule has 0 heterocycles. The van der Waals surface area contributed by atoms with E-state index < -0.39 is 46.8 Å². The number of unbranched alkanes of at least 4 members (excludes halogenated alkanes) is 1. The number of alkyl halides is 2. The Morgan fingerprint density at radius 1 is 1.24 bits per heavy atom. The van der Waals surface area contributed by atoms with Gasteiger partial charge >= 0.3 is 5.97 Å². The van der Waals surface area contributed by atoms with Crippen molar-refractivity contribution < 1.29 is 24.2 Å². The van der Waals surface area contributed by atoms with Gasteiger partial charge in [0, 0.05) is 19.6 Å². The van der Waals surface area contributed by atoms with Gasteiger partial charge in [-0.15, -0.1) is 23.2 Å². The Morgan fingerprint density at radius 2 is 1.94 bits per heavy atom. The standard InChI is InChI=1S/C23H34Cl2N4O5/c1-2-33-22(32)17(12-14-8-4-3-5-9-14)29-21(31)15-13-16(24)20(18(25)19(15)30)34-11-7-6-10-28-23(26)27/h3-5,8-9,15-20,30H,2,6-7,10-13H2,1H3,(H,29,31)(H4,26,27,28)/t15?,16?,17-,18?,19?,20?/m1/s1. The van der Waals surface area contributed by atoms with Crippen LogP contribution in [0.1, 0.15) is 31.7 Å². The van der Waals surface area contributed by atoms with Gasteiger partial charge in [0.25, 0.3) is 0 Å². The summed E-state index contributed by atoms with van der Waals surface area (Å²) < 4.78 is 10.9. The summed E-state index contributed by atoms with van der Waals surface area (Å²) in [5.74, 6) is -1.90. The number of rotatable bonds is 12. The maximum Gasteiger partial charge on any atom is 0.328 e. The molecule has 9 nitrogen and oxygen atoms in total. The first-order chi connectivity index (χ1) is 16.2. The first-order valence-corrected chi connectivity index (χ1v) is 12.3. The van der Waals surface area contributed by atoms with Crippen LogP contribution in [0, 0.1) is 5.92 Å². The topological polar surface area (TPSA) is 149 Å². The predicted octanol–water partition coefficient (Wildman–Crippen LogP) is 1.31. The predicted molar refractivity (Wildman–Crippen MR) is 132 cm³/mol. The minimum Gasteiger partial charge on any atom is -0.464 e. The highest BCUT2D eigenvalue weighted by molar-refractivity contribution is 6.25. The van der Waals surface area contributed by atoms with Crippen LogP contribution in [-0.2, 0) is 25.5 Å². The molecular formula is C23H34Cl2N4O5. The first-order valence-electron chi connectivity index (χ1n) is 11.4. The summed E-state index contributed by atoms with van der Waals surface area (Å²) in [6.07, 6.45) is -0.0135. The molecule has 0 spiro atoms. The fourth-order valence-electron chi connectivity index (χ4n) is 3.80. The van der Waals surface area contributed by atoms with E-state index in [-0.39, 0.29) is 25.4 Å². The molecule has 0 aliphatic heterocycles. The van der Waals surface area contributed by atoms with Crippen LogP contribution < -0.4 is 16.8 Å². The largest absolute Gasteiger partial charge is 0.464 e. The zero-order valence-corrected chi connectivity index (χ0v) is 20.8. The van der Waals surface area contributed by atoms with Crippen LogP contribution in [-0.4, -0.2) is 71.7 Å². The van der Waals surface area contributed by atoms with E-state index in [1.807, 2.05) is 30.3 Å². The SMILES string of the molecule is CCOC(=O)[C@@H](Cc1ccccc1)NC(=O)C1CC(Cl)C(OCCCCN=C(N)N)C(Cl)C1O. The van der Waals surface area contributed by atoms with E-state index in [4.69, 9.17) is 44.1 Å². The van der Waals surface area contributed by atoms with Crippen molar-refractivity contribution in [2.75, 3.05) is 19.8 Å². The second-order valence-electron chi connectivity index (χ2n) is 8.15. The Balaban J connectivity index is 1.95. The number of carbonyl (C=O) groups excluding carboxylic acids is 2. The van der Waals surface area contributed by atoms with Crippen molar-refractivity contribution in [1.29, 1.82) is 0 Å². The zero-order chi connectivity index (χ0) is 25.1. The molecule has 1 aliphatic rings. The molecule has 1 aromatic carbocycles. The number of nitrogens with two attached hydrogens (primary N) is 2. The number of aliphatic hydroxyl groups excluding tert-OH is 1. The van der Waals surface area contributed by atoms with Crippen molar-refractivity contribution in [3.8, 4) is 0 Å². The lowest BCUT2D eigenvalue weighted by Gasteiger charge is -2.39. The van der Waals surface area contributed by atoms with E-state index in [1.165, 1.54) is 0 Å². The maximum absolute atomic E-state index is 13.0. The van der Waals surface area contributed by atoms with Crippen molar-refractivity contribution in [1.82, 2.24) is 5.32 Å². The fraction of sp³-hybridized carbons (Fsp3) is 0.609. The molecule has 1 fully saturated rings. The summed E-state index contributed by atoms with van der Waals surface area (Å²) in [6.45, 7) is 2.73. The smallest absolute Gasteiger partial charge is 0.328 e. The van der Waals surface area contributed by atoms with Gasteiger partial charge in [0.05, 0.1) is 35.5 Å². The van der Waals surface area contributed by atoms with Gasteiger partial charge in [-0.05, 0) is 31.7 Å². The highest BCUT2D eigenvalue weighted by Gasteiger charge is 2.46. The molecule has 1 aromatic rings. The summed E-state index contributed by atoms with van der Waals surface area (Å²) in [6, 6.07) is 8.38. The van der Waals surface area contributed by atoms with Gasteiger partial charge in [-0.1, -0.05) is 30.3 Å². The summed E-state index contributed by atoms with van der Waals surface area (Å²) in [7, 11) is 0. The number of aliphatic imine (C=N–C) groups is 1. The molecule has 1 saturated carbocycles. The van der Waals surface area contributed by atoms with Gasteiger partial charge in [0.15, 0.2) is 5.96 Å². The Kier molecular flexibility index (Phi) is 11.9. The van der Waals surface area contributed by atoms with E-state index in [2.05, 4.69) is 10.3 Å². The summed E-state index contributed by atoms with van der Waals surface area (Å²) in [5, 5.41) is 12.0. The van der Waals surface area contributed by atoms with Crippen molar-refractivity contribution >= 4 is 41.0 Å². The van der Waals surface area contributed by atoms with Gasteiger partial charge < -0.3 is 31.4 Å². The second kappa shape index (κ2) is 14.4. The zero-order valence-electron chi connectivity index (χ0n) is 19.2. The van der Waals surface area contributed by atoms with Crippen LogP contribution in [0.5, 0.6) is 0 Å². The third-order valence-corrected chi connectivity index (χ3v) is 6.49. The van der Waals surface area contributed by atoms with Crippen molar-refractivity contribution in [2.24, 2.45) is 22.4 Å². The maximum atomic E-state index is 13.0. The highest BCUT2D eigenvalue weighted by atomic mass is 35.5. The van der Waals surface area contributed by atoms with Crippen LogP contribution in [0.3, 0.4) is 0 Å². The fourth-order valence-corrected chi connectivity index (χ4v) is 4.72. The molecule has 1 aliphatic carbocycles. The van der Waals surface area contributed by atoms with Gasteiger partial charge in [0.1, 0.15) is 6.04 Å². The molecule has 34 heavy (non-hydrogen) atoms. The number of esters is 1. The highest BCUT2D eigenvalue weighted by Crippen LogP contribution is 2.34. The minimum atomic E-state index is -1.19. The van der Waals surface area contributed by atoms with E-state index in [1.54, 1.807) is 6.92 Å². The number of hydrogen-bond donors (Lipinski definition) is 4. The molecule has 11 heteroatoms. The average molecular weight is 517 g/mol. The Hall–Kier alpha value is -2.07. The minimum absolute atomic E-state index is 0.0382. The number of ether oxygens (including phenoxy) is 2. The third kappa shape index (κ3) is 8.61. The van der Waals surface area contributed by atoms with Crippen LogP contribution >= 0.6 is 23.2 Å². The molecule has 6 atom stereocenters. The molecule has 190 valence electrons. The number of nitrogens with zero attached hydrogens (tertiary/aromatic N) is 1. The quantitative estimate of drug-likeness (QED) is 0.107. The number of benzene rings is 1. The van der Waals surface area contributed by atoms with Crippen LogP contribution in [0.15, 0.2) is 35.3 Å². The number of guanidine groups is 1. The lowest BCUT2D eigenvalue weighted by molar-refractivity contribution is -0.149. The van der Waals surface area contributed by atoms with Gasteiger partial charge in [-0.25, -0.2) is 4.79 Å². The normalized spacial score (nSPS) is 25.2. The Labute approximate surface area is 210 Å². The van der Waals surface area contributed by atoms with Crippen molar-refractivity contribution in [3.05, 3.63) is 35.9 Å². The van der Waals surface area contributed by atoms with Crippen LogP contribution in [0.25, 0.3) is 0 Å².